The third kappa shape index (κ3) is 10.5. The molecule has 0 heterocycles. The summed E-state index contributed by atoms with van der Waals surface area (Å²) in [5.74, 6) is 0. The predicted octanol–water partition coefficient (Wildman–Crippen LogP) is -1.72. The normalized spacial score (nSPS) is 9.50. The molecule has 0 aromatic carbocycles. The molecule has 5 nitrogen and oxygen atoms in total. The first-order valence-electron chi connectivity index (χ1n) is 3.19. The van der Waals surface area contributed by atoms with Crippen LogP contribution >= 0.6 is 0 Å². The molecule has 0 aliphatic carbocycles. The molecule has 0 amide bonds. The Bertz CT molecular complexity index is 72.9. The summed E-state index contributed by atoms with van der Waals surface area (Å²) in [7, 11) is 3.50. The zero-order chi connectivity index (χ0) is 9.33. The molecule has 0 spiro atoms. The molecule has 75 valence electrons. The quantitative estimate of drug-likeness (QED) is 0.488. The number of hydrogen-bond donors (Lipinski definition) is 4. The maximum atomic E-state index is 8.34. The van der Waals surface area contributed by atoms with E-state index in [0.29, 0.717) is 0 Å². The summed E-state index contributed by atoms with van der Waals surface area (Å²) in [6.45, 7) is -1.21. The fourth-order valence-corrected chi connectivity index (χ4v) is 0.150. The molecule has 0 saturated heterocycles. The van der Waals surface area contributed by atoms with Gasteiger partial charge in [0.1, 0.15) is 0 Å². The molecular formula is C6H17N2O3Ta-. The summed E-state index contributed by atoms with van der Waals surface area (Å²) in [6.07, 6.45) is 0. The smallest absolute Gasteiger partial charge is 0.0856 e. The molecule has 0 atom stereocenters. The van der Waals surface area contributed by atoms with E-state index in [0.717, 1.165) is 0 Å². The molecule has 0 saturated carbocycles. The second-order valence-electron chi connectivity index (χ2n) is 2.28. The summed E-state index contributed by atoms with van der Waals surface area (Å²) in [5, 5.41) is 28.5. The molecule has 1 radical (unpaired) electrons. The van der Waals surface area contributed by atoms with E-state index >= 15 is 0 Å². The third-order valence-electron chi connectivity index (χ3n) is 0.945. The van der Waals surface area contributed by atoms with Crippen molar-refractivity contribution in [3.8, 4) is 0 Å². The first-order valence-corrected chi connectivity index (χ1v) is 3.19. The van der Waals surface area contributed by atoms with E-state index < -0.39 is 25.4 Å². The minimum atomic E-state index is -1.21. The molecule has 0 aromatic heterocycles. The first-order chi connectivity index (χ1) is 5.10. The third-order valence-corrected chi connectivity index (χ3v) is 0.945. The van der Waals surface area contributed by atoms with Gasteiger partial charge in [0.25, 0.3) is 0 Å². The van der Waals surface area contributed by atoms with E-state index in [2.05, 4.69) is 5.32 Å². The summed E-state index contributed by atoms with van der Waals surface area (Å²) in [6, 6.07) is 0. The Kier molecular flexibility index (Phi) is 17.6. The van der Waals surface area contributed by atoms with Crippen LogP contribution in [0, 0.1) is 0 Å². The minimum Gasteiger partial charge on any atom is -0.668 e. The van der Waals surface area contributed by atoms with Gasteiger partial charge in [0.2, 0.25) is 0 Å². The molecule has 5 N–H and O–H groups in total. The van der Waals surface area contributed by atoms with Crippen LogP contribution in [0.15, 0.2) is 0 Å². The molecule has 12 heavy (non-hydrogen) atoms. The van der Waals surface area contributed by atoms with Gasteiger partial charge in [-0.1, -0.05) is 0 Å². The summed E-state index contributed by atoms with van der Waals surface area (Å²) >= 11 is 0. The van der Waals surface area contributed by atoms with Crippen molar-refractivity contribution in [3.63, 3.8) is 0 Å². The molecule has 0 aromatic rings. The van der Waals surface area contributed by atoms with E-state index in [9.17, 15) is 0 Å². The van der Waals surface area contributed by atoms with Crippen molar-refractivity contribution in [3.05, 3.63) is 5.32 Å². The number of rotatable bonds is 3. The van der Waals surface area contributed by atoms with Crippen molar-refractivity contribution >= 4 is 0 Å². The summed E-state index contributed by atoms with van der Waals surface area (Å²) < 4.78 is 0. The fraction of sp³-hybridized carbons (Fsp3) is 1.00. The number of aliphatic hydroxyl groups is 3. The molecule has 0 aliphatic rings. The average Bonchev–Trinajstić information content (AvgIpc) is 2.05. The number of aliphatic hydroxyl groups excluding tert-OH is 3. The van der Waals surface area contributed by atoms with Crippen LogP contribution in [0.5, 0.6) is 0 Å². The molecule has 0 unspecified atom stereocenters. The van der Waals surface area contributed by atoms with Gasteiger partial charge in [0.15, 0.2) is 0 Å². The first kappa shape index (κ1) is 18.3. The van der Waals surface area contributed by atoms with Gasteiger partial charge >= 0.3 is 0 Å². The van der Waals surface area contributed by atoms with Crippen molar-refractivity contribution < 1.29 is 37.7 Å². The van der Waals surface area contributed by atoms with Crippen LogP contribution in [0.2, 0.25) is 0 Å². The van der Waals surface area contributed by atoms with E-state index in [1.54, 1.807) is 14.1 Å². The largest absolute Gasteiger partial charge is 0.668 e. The van der Waals surface area contributed by atoms with E-state index in [4.69, 9.17) is 21.1 Å². The monoisotopic (exact) mass is 346 g/mol. The van der Waals surface area contributed by atoms with Crippen LogP contribution in [0.4, 0.5) is 0 Å². The second kappa shape index (κ2) is 11.5. The summed E-state index contributed by atoms with van der Waals surface area (Å²) in [5.41, 5.74) is 3.94. The Morgan fingerprint density at radius 1 is 1.08 bits per heavy atom. The Balaban J connectivity index is -0.000000177. The van der Waals surface area contributed by atoms with Gasteiger partial charge < -0.3 is 26.4 Å². The van der Waals surface area contributed by atoms with Gasteiger partial charge in [0.05, 0.1) is 25.4 Å². The fourth-order valence-electron chi connectivity index (χ4n) is 0.150. The van der Waals surface area contributed by atoms with Crippen LogP contribution in [0.25, 0.3) is 5.32 Å². The topological polar surface area (TPSA) is 101 Å². The number of hydrogen-bond acceptors (Lipinski definition) is 4. The predicted molar refractivity (Wildman–Crippen MR) is 43.4 cm³/mol. The van der Waals surface area contributed by atoms with Crippen molar-refractivity contribution in [1.82, 2.24) is 0 Å². The van der Waals surface area contributed by atoms with Crippen LogP contribution in [-0.4, -0.2) is 54.8 Å². The Morgan fingerprint density at radius 3 is 1.25 bits per heavy atom. The van der Waals surface area contributed by atoms with Crippen LogP contribution in [-0.2, 0) is 22.4 Å². The Morgan fingerprint density at radius 2 is 1.25 bits per heavy atom. The molecular weight excluding hydrogens is 329 g/mol. The SMILES string of the molecule is C[N-]C.NC(CO)(CO)CO.[Ta]. The maximum absolute atomic E-state index is 8.34. The zero-order valence-corrected chi connectivity index (χ0v) is 10.6. The molecule has 0 aliphatic heterocycles. The second-order valence-corrected chi connectivity index (χ2v) is 2.28. The van der Waals surface area contributed by atoms with E-state index in [1.165, 1.54) is 0 Å². The summed E-state index contributed by atoms with van der Waals surface area (Å²) in [4.78, 5) is 0. The van der Waals surface area contributed by atoms with Crippen molar-refractivity contribution in [1.29, 1.82) is 0 Å². The zero-order valence-electron chi connectivity index (χ0n) is 7.43. The van der Waals surface area contributed by atoms with E-state index in [-0.39, 0.29) is 22.4 Å². The van der Waals surface area contributed by atoms with Crippen molar-refractivity contribution in [2.24, 2.45) is 5.73 Å². The standard InChI is InChI=1S/C4H11NO3.C2H6N.Ta/c5-4(1-6,2-7)3-8;1-3-2;/h6-8H,1-3,5H2;1-2H3;/q;-1;. The van der Waals surface area contributed by atoms with Crippen molar-refractivity contribution in [2.45, 2.75) is 5.54 Å². The van der Waals surface area contributed by atoms with Crippen LogP contribution in [0.1, 0.15) is 0 Å². The van der Waals surface area contributed by atoms with E-state index in [1.807, 2.05) is 0 Å². The van der Waals surface area contributed by atoms with Gasteiger partial charge in [-0.25, -0.2) is 0 Å². The van der Waals surface area contributed by atoms with Gasteiger partial charge in [-0.2, -0.15) is 14.1 Å². The number of nitrogens with zero attached hydrogens (tertiary/aromatic N) is 1. The van der Waals surface area contributed by atoms with Gasteiger partial charge in [-0.05, 0) is 0 Å². The average molecular weight is 346 g/mol. The van der Waals surface area contributed by atoms with Gasteiger partial charge in [-0.15, -0.1) is 0 Å². The molecule has 6 heteroatoms. The molecule has 0 bridgehead atoms. The number of nitrogens with two attached hydrogens (primary N) is 1. The van der Waals surface area contributed by atoms with Crippen molar-refractivity contribution in [2.75, 3.05) is 33.9 Å². The van der Waals surface area contributed by atoms with Gasteiger partial charge in [0, 0.05) is 22.4 Å². The molecule has 0 fully saturated rings. The Hall–Kier alpha value is 0.540. The minimum absolute atomic E-state index is 0. The van der Waals surface area contributed by atoms with Crippen LogP contribution in [0.3, 0.4) is 0 Å². The van der Waals surface area contributed by atoms with Gasteiger partial charge in [-0.3, -0.25) is 0 Å². The Labute approximate surface area is 88.5 Å². The molecule has 0 rings (SSSR count). The van der Waals surface area contributed by atoms with Crippen LogP contribution < -0.4 is 5.73 Å². The maximum Gasteiger partial charge on any atom is 0.0856 e.